The molecule has 2 fully saturated rings. The van der Waals surface area contributed by atoms with Gasteiger partial charge in [0.05, 0.1) is 53.1 Å². The van der Waals surface area contributed by atoms with Crippen LogP contribution in [-0.4, -0.2) is 64.7 Å². The van der Waals surface area contributed by atoms with Gasteiger partial charge in [-0.2, -0.15) is 10.4 Å². The van der Waals surface area contributed by atoms with Crippen molar-refractivity contribution < 1.29 is 31.5 Å². The van der Waals surface area contributed by atoms with E-state index >= 15 is 0 Å². The third kappa shape index (κ3) is 5.59. The van der Waals surface area contributed by atoms with Gasteiger partial charge in [0.25, 0.3) is 0 Å². The first-order chi connectivity index (χ1) is 20.3. The molecule has 1 aliphatic heterocycles. The van der Waals surface area contributed by atoms with E-state index in [0.717, 1.165) is 18.0 Å². The molecule has 1 saturated heterocycles. The third-order valence-electron chi connectivity index (χ3n) is 8.68. The smallest absolute Gasteiger partial charge is 0.249 e. The van der Waals surface area contributed by atoms with Gasteiger partial charge in [-0.15, -0.1) is 0 Å². The van der Waals surface area contributed by atoms with Crippen molar-refractivity contribution in [2.45, 2.75) is 44.6 Å². The molecule has 1 amide bonds. The monoisotopic (exact) mass is 616 g/mol. The number of aliphatic hydroxyl groups excluding tert-OH is 1. The van der Waals surface area contributed by atoms with Crippen LogP contribution in [-0.2, 0) is 21.2 Å². The van der Waals surface area contributed by atoms with Crippen molar-refractivity contribution in [2.24, 2.45) is 17.1 Å². The Kier molecular flexibility index (Phi) is 8.00. The van der Waals surface area contributed by atoms with E-state index in [2.05, 4.69) is 10.1 Å². The number of pyridine rings is 1. The van der Waals surface area contributed by atoms with E-state index in [1.165, 1.54) is 17.7 Å². The van der Waals surface area contributed by atoms with Crippen molar-refractivity contribution in [3.8, 4) is 23.0 Å². The molecule has 2 aliphatic rings. The molecular weight excluding hydrogens is 585 g/mol. The van der Waals surface area contributed by atoms with E-state index in [0.29, 0.717) is 24.2 Å². The van der Waals surface area contributed by atoms with Gasteiger partial charge >= 0.3 is 0 Å². The van der Waals surface area contributed by atoms with Crippen LogP contribution >= 0.6 is 0 Å². The number of aromatic nitrogens is 3. The highest BCUT2D eigenvalue weighted by atomic mass is 32.2. The fraction of sp³-hybridized carbons (Fsp3) is 0.448. The fourth-order valence-corrected chi connectivity index (χ4v) is 7.55. The molecule has 10 nitrogen and oxygen atoms in total. The first-order valence-electron chi connectivity index (χ1n) is 13.8. The predicted octanol–water partition coefficient (Wildman–Crippen LogP) is 3.33. The lowest BCUT2D eigenvalue weighted by Gasteiger charge is -2.45. The summed E-state index contributed by atoms with van der Waals surface area (Å²) >= 11 is 0. The molecule has 3 aromatic rings. The Morgan fingerprint density at radius 2 is 1.88 bits per heavy atom. The van der Waals surface area contributed by atoms with Gasteiger partial charge in [-0.1, -0.05) is 12.1 Å². The Hall–Kier alpha value is -3.96. The van der Waals surface area contributed by atoms with Crippen LogP contribution in [0.2, 0.25) is 0 Å². The number of anilines is 1. The number of hydrogen-bond acceptors (Lipinski definition) is 8. The lowest BCUT2D eigenvalue weighted by molar-refractivity contribution is -0.149. The molecule has 3 N–H and O–H groups in total. The quantitative estimate of drug-likeness (QED) is 0.410. The highest BCUT2D eigenvalue weighted by Gasteiger charge is 2.59. The Bertz CT molecular complexity index is 1660. The van der Waals surface area contributed by atoms with Gasteiger partial charge in [0.1, 0.15) is 5.82 Å². The van der Waals surface area contributed by atoms with Crippen LogP contribution in [0.25, 0.3) is 16.9 Å². The van der Waals surface area contributed by atoms with Crippen molar-refractivity contribution >= 4 is 21.4 Å². The second-order valence-corrected chi connectivity index (χ2v) is 13.5. The van der Waals surface area contributed by atoms with Gasteiger partial charge in [-0.25, -0.2) is 31.3 Å². The number of sulfone groups is 1. The first-order valence-corrected chi connectivity index (χ1v) is 15.6. The molecular formula is C29H31F3N6O4S. The van der Waals surface area contributed by atoms with Gasteiger partial charge in [0, 0.05) is 43.1 Å². The Balaban J connectivity index is 1.69. The average molecular weight is 617 g/mol. The summed E-state index contributed by atoms with van der Waals surface area (Å²) in [7, 11) is -3.09. The maximum atomic E-state index is 14.9. The van der Waals surface area contributed by atoms with Crippen LogP contribution in [0.3, 0.4) is 0 Å². The molecule has 1 saturated carbocycles. The molecule has 228 valence electrons. The summed E-state index contributed by atoms with van der Waals surface area (Å²) in [5.41, 5.74) is 5.90. The van der Waals surface area contributed by atoms with Gasteiger partial charge in [-0.05, 0) is 43.2 Å². The number of rotatable bonds is 7. The number of benzene rings is 1. The van der Waals surface area contributed by atoms with E-state index in [1.54, 1.807) is 24.3 Å². The second kappa shape index (κ2) is 11.3. The Morgan fingerprint density at radius 3 is 2.44 bits per heavy atom. The molecule has 3 atom stereocenters. The van der Waals surface area contributed by atoms with Crippen molar-refractivity contribution in [1.82, 2.24) is 14.8 Å². The number of carbonyl (C=O) groups excluding carboxylic acids is 1. The summed E-state index contributed by atoms with van der Waals surface area (Å²) in [5, 5.41) is 25.1. The minimum atomic E-state index is -3.25. The molecule has 2 unspecified atom stereocenters. The number of aliphatic hydroxyl groups is 1. The summed E-state index contributed by atoms with van der Waals surface area (Å²) < 4.78 is 68.6. The molecule has 3 heterocycles. The summed E-state index contributed by atoms with van der Waals surface area (Å²) in [4.78, 5) is 19.1. The molecule has 1 aliphatic carbocycles. The number of hydrogen-bond donors (Lipinski definition) is 2. The van der Waals surface area contributed by atoms with Gasteiger partial charge in [0.2, 0.25) is 11.8 Å². The van der Waals surface area contributed by atoms with Crippen molar-refractivity contribution in [3.63, 3.8) is 0 Å². The normalized spacial score (nSPS) is 23.8. The van der Waals surface area contributed by atoms with E-state index < -0.39 is 64.2 Å². The fourth-order valence-electron chi connectivity index (χ4n) is 6.34. The predicted molar refractivity (Wildman–Crippen MR) is 151 cm³/mol. The molecule has 0 radical (unpaired) electrons. The topological polar surface area (TPSA) is 155 Å². The molecule has 5 rings (SSSR count). The van der Waals surface area contributed by atoms with Crippen molar-refractivity contribution in [1.29, 1.82) is 5.26 Å². The first kappa shape index (κ1) is 30.5. The zero-order valence-corrected chi connectivity index (χ0v) is 24.2. The molecule has 1 aromatic carbocycles. The summed E-state index contributed by atoms with van der Waals surface area (Å²) in [5.74, 6) is -6.91. The van der Waals surface area contributed by atoms with Crippen LogP contribution in [0.1, 0.15) is 43.5 Å². The highest BCUT2D eigenvalue weighted by molar-refractivity contribution is 7.91. The molecule has 0 bridgehead atoms. The average Bonchev–Trinajstić information content (AvgIpc) is 3.35. The van der Waals surface area contributed by atoms with Gasteiger partial charge in [-0.3, -0.25) is 4.79 Å². The SMILES string of the molecule is C[C@H](C#N)C1(C(N)=O)CC(F)(F)CCC1c1nn(-c2ccc(F)cn2)c(CO)c1-c1ccc(N2CCS(=O)(=O)CC2)cc1. The minimum absolute atomic E-state index is 0.0313. The number of primary amides is 1. The van der Waals surface area contributed by atoms with E-state index in [1.807, 2.05) is 11.0 Å². The molecule has 14 heteroatoms. The van der Waals surface area contributed by atoms with Gasteiger partial charge < -0.3 is 15.7 Å². The Labute approximate surface area is 246 Å². The zero-order valence-electron chi connectivity index (χ0n) is 23.4. The van der Waals surface area contributed by atoms with Crippen LogP contribution in [0.4, 0.5) is 18.9 Å². The maximum absolute atomic E-state index is 14.9. The lowest BCUT2D eigenvalue weighted by Crippen LogP contribution is -2.53. The van der Waals surface area contributed by atoms with Crippen LogP contribution in [0.15, 0.2) is 42.6 Å². The number of nitrogens with zero attached hydrogens (tertiary/aromatic N) is 5. The minimum Gasteiger partial charge on any atom is -0.390 e. The number of amides is 1. The largest absolute Gasteiger partial charge is 0.390 e. The standard InChI is InChI=1S/C29H31F3N6O4S/c1-18(14-33)29(27(34)40)17-28(31,32)9-8-22(29)26-25(23(16-39)38(36-26)24-7-4-20(30)15-35-24)19-2-5-21(6-3-19)37-10-12-43(41,42)13-11-37/h2-7,15,18,22,39H,8-13,16-17H2,1H3,(H2,34,40)/t18-,22?,29?/m1/s1. The number of halogens is 3. The Morgan fingerprint density at radius 1 is 1.21 bits per heavy atom. The summed E-state index contributed by atoms with van der Waals surface area (Å²) in [6, 6.07) is 11.5. The molecule has 0 spiro atoms. The number of nitriles is 1. The van der Waals surface area contributed by atoms with Crippen LogP contribution in [0.5, 0.6) is 0 Å². The third-order valence-corrected chi connectivity index (χ3v) is 10.3. The second-order valence-electron chi connectivity index (χ2n) is 11.2. The zero-order chi connectivity index (χ0) is 31.2. The maximum Gasteiger partial charge on any atom is 0.249 e. The highest BCUT2D eigenvalue weighted by Crippen LogP contribution is 2.57. The number of nitrogens with two attached hydrogens (primary N) is 1. The summed E-state index contributed by atoms with van der Waals surface area (Å²) in [6.07, 6.45) is -0.760. The van der Waals surface area contributed by atoms with Crippen molar-refractivity contribution in [3.05, 3.63) is 59.8 Å². The number of carbonyl (C=O) groups is 1. The van der Waals surface area contributed by atoms with Crippen molar-refractivity contribution in [2.75, 3.05) is 29.5 Å². The lowest BCUT2D eigenvalue weighted by atomic mass is 9.57. The van der Waals surface area contributed by atoms with E-state index in [9.17, 15) is 36.8 Å². The summed E-state index contributed by atoms with van der Waals surface area (Å²) in [6.45, 7) is 1.46. The molecule has 2 aromatic heterocycles. The molecule has 43 heavy (non-hydrogen) atoms. The van der Waals surface area contributed by atoms with Gasteiger partial charge in [0.15, 0.2) is 15.7 Å². The van der Waals surface area contributed by atoms with Crippen LogP contribution < -0.4 is 10.6 Å². The van der Waals surface area contributed by atoms with Crippen LogP contribution in [0, 0.1) is 28.5 Å². The van der Waals surface area contributed by atoms with E-state index in [4.69, 9.17) is 5.73 Å². The van der Waals surface area contributed by atoms with E-state index in [-0.39, 0.29) is 35.1 Å². The number of alkyl halides is 2.